The zero-order valence-corrected chi connectivity index (χ0v) is 15.0. The maximum absolute atomic E-state index is 12.5. The van der Waals surface area contributed by atoms with Crippen LogP contribution in [-0.2, 0) is 14.3 Å². The standard InChI is InChI=1S/C18H24N2O5/c1-12(21)24-14-9-7-13(8-10-14)19-16(22)15-6-5-11-20(15)17(23)25-18(2,3)4/h7-10,15H,5-6,11H2,1-4H3,(H,19,22)/t15-/m0/s1. The summed E-state index contributed by atoms with van der Waals surface area (Å²) in [5, 5.41) is 2.78. The van der Waals surface area contributed by atoms with Gasteiger partial charge >= 0.3 is 12.1 Å². The third-order valence-electron chi connectivity index (χ3n) is 3.57. The lowest BCUT2D eigenvalue weighted by Gasteiger charge is -2.28. The summed E-state index contributed by atoms with van der Waals surface area (Å²) in [6.07, 6.45) is 0.870. The number of nitrogens with zero attached hydrogens (tertiary/aromatic N) is 1. The van der Waals surface area contributed by atoms with Crippen molar-refractivity contribution in [3.63, 3.8) is 0 Å². The molecule has 1 atom stereocenters. The van der Waals surface area contributed by atoms with Crippen LogP contribution in [0.15, 0.2) is 24.3 Å². The summed E-state index contributed by atoms with van der Waals surface area (Å²) in [6.45, 7) is 7.20. The van der Waals surface area contributed by atoms with Crippen LogP contribution >= 0.6 is 0 Å². The van der Waals surface area contributed by atoms with Crippen LogP contribution in [0.4, 0.5) is 10.5 Å². The number of rotatable bonds is 3. The van der Waals surface area contributed by atoms with Crippen molar-refractivity contribution in [1.29, 1.82) is 0 Å². The molecule has 1 aromatic carbocycles. The summed E-state index contributed by atoms with van der Waals surface area (Å²) in [5.74, 6) is -0.263. The summed E-state index contributed by atoms with van der Waals surface area (Å²) < 4.78 is 10.3. The van der Waals surface area contributed by atoms with Gasteiger partial charge in [-0.1, -0.05) is 0 Å². The quantitative estimate of drug-likeness (QED) is 0.670. The van der Waals surface area contributed by atoms with Gasteiger partial charge in [-0.3, -0.25) is 14.5 Å². The van der Waals surface area contributed by atoms with E-state index in [2.05, 4.69) is 5.32 Å². The summed E-state index contributed by atoms with van der Waals surface area (Å²) in [5.41, 5.74) is -0.0373. The summed E-state index contributed by atoms with van der Waals surface area (Å²) >= 11 is 0. The SMILES string of the molecule is CC(=O)Oc1ccc(NC(=O)[C@@H]2CCCN2C(=O)OC(C)(C)C)cc1. The second-order valence-corrected chi connectivity index (χ2v) is 6.94. The molecule has 0 unspecified atom stereocenters. The van der Waals surface area contributed by atoms with Gasteiger partial charge in [0.2, 0.25) is 5.91 Å². The zero-order valence-electron chi connectivity index (χ0n) is 15.0. The number of esters is 1. The molecule has 7 nitrogen and oxygen atoms in total. The van der Waals surface area contributed by atoms with Gasteiger partial charge in [0.25, 0.3) is 0 Å². The second kappa shape index (κ2) is 7.55. The molecule has 25 heavy (non-hydrogen) atoms. The van der Waals surface area contributed by atoms with Crippen molar-refractivity contribution < 1.29 is 23.9 Å². The minimum Gasteiger partial charge on any atom is -0.444 e. The molecule has 0 saturated carbocycles. The largest absolute Gasteiger partial charge is 0.444 e. The molecule has 2 rings (SSSR count). The number of carbonyl (C=O) groups is 3. The molecule has 0 aliphatic carbocycles. The highest BCUT2D eigenvalue weighted by molar-refractivity contribution is 5.96. The Kier molecular flexibility index (Phi) is 5.66. The van der Waals surface area contributed by atoms with E-state index in [-0.39, 0.29) is 5.91 Å². The molecule has 0 aromatic heterocycles. The van der Waals surface area contributed by atoms with Crippen LogP contribution in [0.25, 0.3) is 0 Å². The van der Waals surface area contributed by atoms with E-state index < -0.39 is 23.7 Å². The molecular formula is C18H24N2O5. The van der Waals surface area contributed by atoms with Gasteiger partial charge < -0.3 is 14.8 Å². The van der Waals surface area contributed by atoms with E-state index in [9.17, 15) is 14.4 Å². The number of hydrogen-bond acceptors (Lipinski definition) is 5. The van der Waals surface area contributed by atoms with Crippen molar-refractivity contribution in [2.24, 2.45) is 0 Å². The monoisotopic (exact) mass is 348 g/mol. The van der Waals surface area contributed by atoms with Crippen molar-refractivity contribution in [3.05, 3.63) is 24.3 Å². The van der Waals surface area contributed by atoms with Crippen molar-refractivity contribution >= 4 is 23.7 Å². The number of likely N-dealkylation sites (tertiary alicyclic amines) is 1. The lowest BCUT2D eigenvalue weighted by molar-refractivity contribution is -0.131. The molecular weight excluding hydrogens is 324 g/mol. The molecule has 7 heteroatoms. The lowest BCUT2D eigenvalue weighted by Crippen LogP contribution is -2.45. The number of ether oxygens (including phenoxy) is 2. The van der Waals surface area contributed by atoms with E-state index in [0.29, 0.717) is 24.4 Å². The van der Waals surface area contributed by atoms with Crippen molar-refractivity contribution in [2.75, 3.05) is 11.9 Å². The minimum absolute atomic E-state index is 0.261. The first-order valence-corrected chi connectivity index (χ1v) is 8.25. The Balaban J connectivity index is 1.99. The number of nitrogens with one attached hydrogen (secondary N) is 1. The van der Waals surface area contributed by atoms with Gasteiger partial charge in [0.15, 0.2) is 0 Å². The lowest BCUT2D eigenvalue weighted by atomic mass is 10.2. The van der Waals surface area contributed by atoms with Crippen LogP contribution in [0.3, 0.4) is 0 Å². The van der Waals surface area contributed by atoms with Gasteiger partial charge in [-0.15, -0.1) is 0 Å². The third-order valence-corrected chi connectivity index (χ3v) is 3.57. The Labute approximate surface area is 147 Å². The smallest absolute Gasteiger partial charge is 0.410 e. The Morgan fingerprint density at radius 3 is 2.36 bits per heavy atom. The first-order valence-electron chi connectivity index (χ1n) is 8.25. The van der Waals surface area contributed by atoms with Crippen molar-refractivity contribution in [3.8, 4) is 5.75 Å². The first-order chi connectivity index (χ1) is 11.7. The van der Waals surface area contributed by atoms with Gasteiger partial charge in [-0.25, -0.2) is 4.79 Å². The van der Waals surface area contributed by atoms with Crippen LogP contribution in [0.1, 0.15) is 40.5 Å². The normalized spacial score (nSPS) is 17.1. The van der Waals surface area contributed by atoms with Gasteiger partial charge in [0.05, 0.1) is 0 Å². The number of carbonyl (C=O) groups excluding carboxylic acids is 3. The van der Waals surface area contributed by atoms with E-state index in [4.69, 9.17) is 9.47 Å². The van der Waals surface area contributed by atoms with E-state index >= 15 is 0 Å². The Bertz CT molecular complexity index is 648. The molecule has 1 N–H and O–H groups in total. The zero-order chi connectivity index (χ0) is 18.6. The molecule has 1 aliphatic heterocycles. The van der Waals surface area contributed by atoms with Crippen LogP contribution in [0.2, 0.25) is 0 Å². The second-order valence-electron chi connectivity index (χ2n) is 6.94. The van der Waals surface area contributed by atoms with Gasteiger partial charge in [0, 0.05) is 19.2 Å². The molecule has 1 aliphatic rings. The highest BCUT2D eigenvalue weighted by Gasteiger charge is 2.36. The fourth-order valence-electron chi connectivity index (χ4n) is 2.58. The average Bonchev–Trinajstić information content (AvgIpc) is 2.96. The maximum atomic E-state index is 12.5. The molecule has 0 bridgehead atoms. The fourth-order valence-corrected chi connectivity index (χ4v) is 2.58. The molecule has 0 spiro atoms. The summed E-state index contributed by atoms with van der Waals surface area (Å²) in [6, 6.07) is 5.92. The molecule has 1 fully saturated rings. The number of hydrogen-bond donors (Lipinski definition) is 1. The molecule has 1 saturated heterocycles. The molecule has 0 radical (unpaired) electrons. The Morgan fingerprint density at radius 1 is 1.16 bits per heavy atom. The molecule has 1 heterocycles. The average molecular weight is 348 g/mol. The highest BCUT2D eigenvalue weighted by atomic mass is 16.6. The predicted molar refractivity (Wildman–Crippen MR) is 92.3 cm³/mol. The van der Waals surface area contributed by atoms with E-state index in [1.54, 1.807) is 45.0 Å². The molecule has 136 valence electrons. The van der Waals surface area contributed by atoms with Gasteiger partial charge in [0.1, 0.15) is 17.4 Å². The predicted octanol–water partition coefficient (Wildman–Crippen LogP) is 2.95. The van der Waals surface area contributed by atoms with Gasteiger partial charge in [-0.05, 0) is 57.9 Å². The van der Waals surface area contributed by atoms with Crippen molar-refractivity contribution in [1.82, 2.24) is 4.90 Å². The number of benzene rings is 1. The summed E-state index contributed by atoms with van der Waals surface area (Å²) in [4.78, 5) is 37.1. The van der Waals surface area contributed by atoms with Gasteiger partial charge in [-0.2, -0.15) is 0 Å². The number of amides is 2. The molecule has 2 amide bonds. The van der Waals surface area contributed by atoms with Crippen molar-refractivity contribution in [2.45, 2.75) is 52.2 Å². The Hall–Kier alpha value is -2.57. The fraction of sp³-hybridized carbons (Fsp3) is 0.500. The van der Waals surface area contributed by atoms with Crippen LogP contribution < -0.4 is 10.1 Å². The van der Waals surface area contributed by atoms with E-state index in [1.165, 1.54) is 11.8 Å². The highest BCUT2D eigenvalue weighted by Crippen LogP contribution is 2.23. The summed E-state index contributed by atoms with van der Waals surface area (Å²) in [7, 11) is 0. The van der Waals surface area contributed by atoms with E-state index in [1.807, 2.05) is 0 Å². The first kappa shape index (κ1) is 18.8. The van der Waals surface area contributed by atoms with Crippen LogP contribution in [0.5, 0.6) is 5.75 Å². The van der Waals surface area contributed by atoms with Crippen LogP contribution in [0, 0.1) is 0 Å². The maximum Gasteiger partial charge on any atom is 0.410 e. The van der Waals surface area contributed by atoms with Crippen LogP contribution in [-0.4, -0.2) is 41.1 Å². The van der Waals surface area contributed by atoms with E-state index in [0.717, 1.165) is 6.42 Å². The number of anilines is 1. The molecule has 1 aromatic rings. The Morgan fingerprint density at radius 2 is 1.80 bits per heavy atom. The minimum atomic E-state index is -0.604. The third kappa shape index (κ3) is 5.48. The topological polar surface area (TPSA) is 84.9 Å².